The molecule has 0 bridgehead atoms. The second-order valence-corrected chi connectivity index (χ2v) is 11.6. The average Bonchev–Trinajstić information content (AvgIpc) is 3.15. The number of rotatable bonds is 9. The number of nitrogens with zero attached hydrogens (tertiary/aromatic N) is 1. The molecule has 1 aliphatic rings. The number of carbonyl (C=O) groups is 2. The summed E-state index contributed by atoms with van der Waals surface area (Å²) < 4.78 is 34.0. The van der Waals surface area contributed by atoms with Crippen molar-refractivity contribution in [2.24, 2.45) is 5.92 Å². The number of carboxylic acid groups (broad SMARTS) is 1. The van der Waals surface area contributed by atoms with Gasteiger partial charge in [-0.1, -0.05) is 54.4 Å². The molecule has 1 N–H and O–H groups in total. The van der Waals surface area contributed by atoms with Crippen molar-refractivity contribution in [1.82, 2.24) is 4.31 Å². The summed E-state index contributed by atoms with van der Waals surface area (Å²) in [5, 5.41) is 9.77. The minimum atomic E-state index is -4.00. The lowest BCUT2D eigenvalue weighted by molar-refractivity contribution is -0.142. The maximum Gasteiger partial charge on any atom is 0.309 e. The van der Waals surface area contributed by atoms with E-state index >= 15 is 0 Å². The third-order valence-electron chi connectivity index (χ3n) is 6.24. The van der Waals surface area contributed by atoms with E-state index in [1.807, 2.05) is 45.0 Å². The van der Waals surface area contributed by atoms with Crippen molar-refractivity contribution in [1.29, 1.82) is 0 Å². The fourth-order valence-corrected chi connectivity index (χ4v) is 8.05. The van der Waals surface area contributed by atoms with Crippen molar-refractivity contribution < 1.29 is 27.9 Å². The van der Waals surface area contributed by atoms with Crippen molar-refractivity contribution in [3.05, 3.63) is 65.2 Å². The van der Waals surface area contributed by atoms with E-state index in [2.05, 4.69) is 0 Å². The Kier molecular flexibility index (Phi) is 8.43. The summed E-state index contributed by atoms with van der Waals surface area (Å²) in [6.07, 6.45) is 0.563. The average molecular weight is 506 g/mol. The van der Waals surface area contributed by atoms with Crippen molar-refractivity contribution in [2.75, 3.05) is 12.9 Å². The van der Waals surface area contributed by atoms with Crippen LogP contribution in [0.2, 0.25) is 0 Å². The van der Waals surface area contributed by atoms with Gasteiger partial charge in [0.1, 0.15) is 0 Å². The minimum Gasteiger partial charge on any atom is -0.481 e. The Balaban J connectivity index is 2.13. The van der Waals surface area contributed by atoms with E-state index in [1.54, 1.807) is 24.3 Å². The summed E-state index contributed by atoms with van der Waals surface area (Å²) in [7, 11) is -2.70. The monoisotopic (exact) mass is 505 g/mol. The Labute approximate surface area is 205 Å². The van der Waals surface area contributed by atoms with Gasteiger partial charge in [-0.15, -0.1) is 0 Å². The third kappa shape index (κ3) is 5.31. The van der Waals surface area contributed by atoms with Crippen molar-refractivity contribution in [3.8, 4) is 0 Å². The molecule has 1 saturated heterocycles. The van der Waals surface area contributed by atoms with E-state index in [9.17, 15) is 23.1 Å². The van der Waals surface area contributed by atoms with Gasteiger partial charge in [-0.3, -0.25) is 9.59 Å². The molecule has 0 spiro atoms. The van der Waals surface area contributed by atoms with Gasteiger partial charge in [-0.05, 0) is 38.0 Å². The third-order valence-corrected chi connectivity index (χ3v) is 9.59. The van der Waals surface area contributed by atoms with Crippen LogP contribution in [0, 0.1) is 19.8 Å². The molecule has 184 valence electrons. The van der Waals surface area contributed by atoms with E-state index in [1.165, 1.54) is 23.2 Å². The van der Waals surface area contributed by atoms with E-state index in [-0.39, 0.29) is 17.3 Å². The highest BCUT2D eigenvalue weighted by Crippen LogP contribution is 2.50. The topological polar surface area (TPSA) is 101 Å². The van der Waals surface area contributed by atoms with Crippen LogP contribution in [-0.4, -0.2) is 53.9 Å². The summed E-state index contributed by atoms with van der Waals surface area (Å²) in [5.41, 5.74) is 2.57. The number of hydrogen-bond acceptors (Lipinski definition) is 6. The Morgan fingerprint density at radius 2 is 1.59 bits per heavy atom. The number of benzene rings is 2. The lowest BCUT2D eigenvalue weighted by Crippen LogP contribution is -2.39. The Hall–Kier alpha value is -2.36. The number of sulfonamides is 1. The molecule has 34 heavy (non-hydrogen) atoms. The summed E-state index contributed by atoms with van der Waals surface area (Å²) in [4.78, 5) is 24.4. The van der Waals surface area contributed by atoms with Crippen LogP contribution in [0.5, 0.6) is 0 Å². The Bertz CT molecular complexity index is 1120. The molecule has 0 aliphatic carbocycles. The van der Waals surface area contributed by atoms with Gasteiger partial charge in [0.15, 0.2) is 0 Å². The van der Waals surface area contributed by atoms with Crippen molar-refractivity contribution >= 4 is 33.7 Å². The SMILES string of the molecule is CC[C@@H]1[C@@H](SCCC(=O)OC)[C@@H](C(=O)O)[C@H](c2ccc(C)cc2)N1S(=O)(=O)c1ccc(C)cc1. The Morgan fingerprint density at radius 3 is 2.09 bits per heavy atom. The predicted molar refractivity (Wildman–Crippen MR) is 132 cm³/mol. The lowest BCUT2D eigenvalue weighted by Gasteiger charge is -2.30. The molecule has 0 unspecified atom stereocenters. The highest BCUT2D eigenvalue weighted by molar-refractivity contribution is 8.00. The van der Waals surface area contributed by atoms with Gasteiger partial charge in [-0.25, -0.2) is 8.42 Å². The molecule has 9 heteroatoms. The summed E-state index contributed by atoms with van der Waals surface area (Å²) in [6.45, 7) is 5.67. The molecule has 4 atom stereocenters. The van der Waals surface area contributed by atoms with Gasteiger partial charge < -0.3 is 9.84 Å². The number of aryl methyl sites for hydroxylation is 2. The number of thioether (sulfide) groups is 1. The van der Waals surface area contributed by atoms with E-state index in [0.717, 1.165) is 11.1 Å². The number of carboxylic acids is 1. The number of ether oxygens (including phenoxy) is 1. The van der Waals surface area contributed by atoms with Crippen LogP contribution in [0.1, 0.15) is 42.5 Å². The van der Waals surface area contributed by atoms with Gasteiger partial charge in [0.05, 0.1) is 30.4 Å². The molecule has 0 amide bonds. The van der Waals surface area contributed by atoms with Gasteiger partial charge in [-0.2, -0.15) is 16.1 Å². The zero-order chi connectivity index (χ0) is 25.0. The molecule has 0 aromatic heterocycles. The number of carbonyl (C=O) groups excluding carboxylic acids is 1. The van der Waals surface area contributed by atoms with Crippen LogP contribution >= 0.6 is 11.8 Å². The molecule has 2 aromatic carbocycles. The first-order chi connectivity index (χ1) is 16.1. The fraction of sp³-hybridized carbons (Fsp3) is 0.440. The van der Waals surface area contributed by atoms with E-state index in [0.29, 0.717) is 17.7 Å². The van der Waals surface area contributed by atoms with Crippen molar-refractivity contribution in [3.63, 3.8) is 0 Å². The first-order valence-corrected chi connectivity index (χ1v) is 13.7. The van der Waals surface area contributed by atoms with Crippen LogP contribution in [0.15, 0.2) is 53.4 Å². The quantitative estimate of drug-likeness (QED) is 0.510. The van der Waals surface area contributed by atoms with Crippen LogP contribution in [0.3, 0.4) is 0 Å². The standard InChI is InChI=1S/C25H31NO6S2/c1-5-20-24(33-15-14-21(27)32-4)22(25(28)29)23(18-10-6-16(2)7-11-18)26(20)34(30,31)19-12-8-17(3)9-13-19/h6-13,20,22-24H,5,14-15H2,1-4H3,(H,28,29)/t20-,22+,23+,24-/m1/s1. The van der Waals surface area contributed by atoms with Gasteiger partial charge in [0.25, 0.3) is 0 Å². The molecular formula is C25H31NO6S2. The number of methoxy groups -OCH3 is 1. The fourth-order valence-electron chi connectivity index (χ4n) is 4.49. The normalized spacial score (nSPS) is 23.1. The first-order valence-electron chi connectivity index (χ1n) is 11.2. The zero-order valence-corrected chi connectivity index (χ0v) is 21.4. The number of aliphatic carboxylic acids is 1. The van der Waals surface area contributed by atoms with Crippen LogP contribution in [0.4, 0.5) is 0 Å². The summed E-state index contributed by atoms with van der Waals surface area (Å²) in [5.74, 6) is -2.07. The molecule has 0 saturated carbocycles. The predicted octanol–water partition coefficient (Wildman–Crippen LogP) is 4.19. The van der Waals surface area contributed by atoms with Gasteiger partial charge >= 0.3 is 11.9 Å². The summed E-state index contributed by atoms with van der Waals surface area (Å²) >= 11 is 1.33. The molecule has 1 heterocycles. The number of hydrogen-bond donors (Lipinski definition) is 1. The minimum absolute atomic E-state index is 0.125. The van der Waals surface area contributed by atoms with Crippen molar-refractivity contribution in [2.45, 2.75) is 55.8 Å². The second kappa shape index (κ2) is 10.9. The highest BCUT2D eigenvalue weighted by atomic mass is 32.2. The molecule has 1 aliphatic heterocycles. The van der Waals surface area contributed by atoms with Gasteiger partial charge in [0.2, 0.25) is 10.0 Å². The molecule has 1 fully saturated rings. The maximum atomic E-state index is 14.0. The second-order valence-electron chi connectivity index (χ2n) is 8.50. The molecular weight excluding hydrogens is 474 g/mol. The number of esters is 1. The zero-order valence-electron chi connectivity index (χ0n) is 19.8. The van der Waals surface area contributed by atoms with E-state index in [4.69, 9.17) is 4.74 Å². The largest absolute Gasteiger partial charge is 0.481 e. The smallest absolute Gasteiger partial charge is 0.309 e. The molecule has 0 radical (unpaired) electrons. The van der Waals surface area contributed by atoms with Crippen LogP contribution in [-0.2, 0) is 24.3 Å². The first kappa shape index (κ1) is 26.2. The Morgan fingerprint density at radius 1 is 1.03 bits per heavy atom. The van der Waals surface area contributed by atoms with Crippen LogP contribution < -0.4 is 0 Å². The molecule has 7 nitrogen and oxygen atoms in total. The molecule has 3 rings (SSSR count). The summed E-state index contributed by atoms with van der Waals surface area (Å²) in [6, 6.07) is 12.5. The molecule has 2 aromatic rings. The van der Waals surface area contributed by atoms with Crippen LogP contribution in [0.25, 0.3) is 0 Å². The highest BCUT2D eigenvalue weighted by Gasteiger charge is 2.56. The van der Waals surface area contributed by atoms with E-state index < -0.39 is 39.2 Å². The maximum absolute atomic E-state index is 14.0. The van der Waals surface area contributed by atoms with Gasteiger partial charge in [0, 0.05) is 17.0 Å². The lowest BCUT2D eigenvalue weighted by atomic mass is 9.92.